The van der Waals surface area contributed by atoms with Crippen LogP contribution in [0.25, 0.3) is 0 Å². The van der Waals surface area contributed by atoms with E-state index in [1.54, 1.807) is 29.3 Å². The van der Waals surface area contributed by atoms with E-state index < -0.39 is 10.0 Å². The summed E-state index contributed by atoms with van der Waals surface area (Å²) >= 11 is 0. The smallest absolute Gasteiger partial charge is 0.257 e. The Balaban J connectivity index is 1.88. The second-order valence-electron chi connectivity index (χ2n) is 5.29. The van der Waals surface area contributed by atoms with Crippen LogP contribution in [0.2, 0.25) is 0 Å². The summed E-state index contributed by atoms with van der Waals surface area (Å²) in [6, 6.07) is 14.8. The minimum atomic E-state index is -3.54. The van der Waals surface area contributed by atoms with Crippen molar-refractivity contribution in [2.45, 2.75) is 24.7 Å². The summed E-state index contributed by atoms with van der Waals surface area (Å²) < 4.78 is 24.9. The Labute approximate surface area is 125 Å². The average Bonchev–Trinajstić information content (AvgIpc) is 2.48. The number of hydrogen-bond acceptors (Lipinski definition) is 3. The topological polar surface area (TPSA) is 49.4 Å². The molecule has 0 amide bonds. The number of anilines is 1. The van der Waals surface area contributed by atoms with Crippen LogP contribution in [0, 0.1) is 6.92 Å². The van der Waals surface area contributed by atoms with Crippen LogP contribution in [0.5, 0.6) is 0 Å². The first-order chi connectivity index (χ1) is 10.1. The van der Waals surface area contributed by atoms with E-state index >= 15 is 0 Å². The van der Waals surface area contributed by atoms with Gasteiger partial charge in [-0.2, -0.15) is 0 Å². The van der Waals surface area contributed by atoms with Gasteiger partial charge in [0.05, 0.1) is 10.6 Å². The quantitative estimate of drug-likeness (QED) is 0.948. The van der Waals surface area contributed by atoms with Gasteiger partial charge in [-0.25, -0.2) is 8.42 Å². The molecular formula is C16H18N2O2S. The summed E-state index contributed by atoms with van der Waals surface area (Å²) in [5, 5.41) is 1.73. The number of benzene rings is 2. The summed E-state index contributed by atoms with van der Waals surface area (Å²) in [6.07, 6.45) is 1.92. The molecule has 0 spiro atoms. The Morgan fingerprint density at radius 3 is 2.52 bits per heavy atom. The maximum absolute atomic E-state index is 12.5. The summed E-state index contributed by atoms with van der Waals surface area (Å²) in [7, 11) is -3.54. The number of sulfonamides is 1. The minimum absolute atomic E-state index is 0.288. The lowest BCUT2D eigenvalue weighted by atomic mass is 10.0. The van der Waals surface area contributed by atoms with Crippen molar-refractivity contribution in [1.82, 2.24) is 4.83 Å². The second-order valence-corrected chi connectivity index (χ2v) is 6.95. The second kappa shape index (κ2) is 5.50. The Bertz CT molecular complexity index is 739. The summed E-state index contributed by atoms with van der Waals surface area (Å²) in [4.78, 5) is 2.98. The van der Waals surface area contributed by atoms with Crippen molar-refractivity contribution in [3.05, 3.63) is 59.7 Å². The normalized spacial score (nSPS) is 14.8. The van der Waals surface area contributed by atoms with Crippen LogP contribution in [-0.4, -0.2) is 15.0 Å². The average molecular weight is 302 g/mol. The molecule has 2 aromatic rings. The molecule has 0 aliphatic carbocycles. The third kappa shape index (κ3) is 2.94. The number of nitrogens with one attached hydrogen (secondary N) is 1. The molecule has 0 atom stereocenters. The van der Waals surface area contributed by atoms with E-state index in [-0.39, 0.29) is 4.90 Å². The van der Waals surface area contributed by atoms with Crippen molar-refractivity contribution in [2.24, 2.45) is 0 Å². The number of hydrazine groups is 1. The zero-order chi connectivity index (χ0) is 14.9. The van der Waals surface area contributed by atoms with Gasteiger partial charge in [-0.1, -0.05) is 35.9 Å². The maximum Gasteiger partial charge on any atom is 0.257 e. The molecule has 1 heterocycles. The molecule has 1 N–H and O–H groups in total. The highest BCUT2D eigenvalue weighted by Gasteiger charge is 2.22. The molecule has 1 aliphatic heterocycles. The molecule has 21 heavy (non-hydrogen) atoms. The third-order valence-electron chi connectivity index (χ3n) is 3.67. The highest BCUT2D eigenvalue weighted by Crippen LogP contribution is 2.26. The van der Waals surface area contributed by atoms with Gasteiger partial charge in [0, 0.05) is 6.54 Å². The molecule has 0 radical (unpaired) electrons. The predicted octanol–water partition coefficient (Wildman–Crippen LogP) is 2.64. The SMILES string of the molecule is Cc1ccc(S(=O)(=O)NN2CCCc3ccccc32)cc1. The number of aryl methyl sites for hydroxylation is 2. The lowest BCUT2D eigenvalue weighted by Crippen LogP contribution is -2.45. The van der Waals surface area contributed by atoms with Gasteiger partial charge in [-0.15, -0.1) is 4.83 Å². The Kier molecular flexibility index (Phi) is 3.69. The summed E-state index contributed by atoms with van der Waals surface area (Å²) in [6.45, 7) is 2.62. The zero-order valence-corrected chi connectivity index (χ0v) is 12.7. The van der Waals surface area contributed by atoms with Gasteiger partial charge in [0.15, 0.2) is 0 Å². The first-order valence-corrected chi connectivity index (χ1v) is 8.49. The van der Waals surface area contributed by atoms with Crippen LogP contribution in [0.3, 0.4) is 0 Å². The molecule has 4 nitrogen and oxygen atoms in total. The standard InChI is InChI=1S/C16H18N2O2S/c1-13-8-10-15(11-9-13)21(19,20)17-18-12-4-6-14-5-2-3-7-16(14)18/h2-3,5,7-11,17H,4,6,12H2,1H3. The molecule has 3 rings (SSSR count). The number of fused-ring (bicyclic) bond motifs is 1. The van der Waals surface area contributed by atoms with Crippen LogP contribution in [-0.2, 0) is 16.4 Å². The molecule has 0 saturated heterocycles. The van der Waals surface area contributed by atoms with Gasteiger partial charge in [0.1, 0.15) is 0 Å². The summed E-state index contributed by atoms with van der Waals surface area (Å²) in [5.41, 5.74) is 3.16. The van der Waals surface area contributed by atoms with Crippen molar-refractivity contribution in [2.75, 3.05) is 11.6 Å². The highest BCUT2D eigenvalue weighted by atomic mass is 32.2. The monoisotopic (exact) mass is 302 g/mol. The van der Waals surface area contributed by atoms with Crippen molar-refractivity contribution in [3.8, 4) is 0 Å². The van der Waals surface area contributed by atoms with E-state index in [0.29, 0.717) is 6.54 Å². The number of rotatable bonds is 3. The first-order valence-electron chi connectivity index (χ1n) is 7.01. The first kappa shape index (κ1) is 14.1. The molecule has 0 aromatic heterocycles. The van der Waals surface area contributed by atoms with E-state index in [2.05, 4.69) is 4.83 Å². The summed E-state index contributed by atoms with van der Waals surface area (Å²) in [5.74, 6) is 0. The Morgan fingerprint density at radius 1 is 1.05 bits per heavy atom. The van der Waals surface area contributed by atoms with E-state index in [1.807, 2.05) is 31.2 Å². The largest absolute Gasteiger partial charge is 0.294 e. The van der Waals surface area contributed by atoms with Gasteiger partial charge in [0.25, 0.3) is 10.0 Å². The van der Waals surface area contributed by atoms with E-state index in [0.717, 1.165) is 24.1 Å². The highest BCUT2D eigenvalue weighted by molar-refractivity contribution is 7.89. The molecule has 1 aliphatic rings. The fraction of sp³-hybridized carbons (Fsp3) is 0.250. The molecule has 0 bridgehead atoms. The molecule has 5 heteroatoms. The molecule has 0 fully saturated rings. The molecule has 0 saturated carbocycles. The van der Waals surface area contributed by atoms with E-state index in [9.17, 15) is 8.42 Å². The van der Waals surface area contributed by atoms with Crippen molar-refractivity contribution >= 4 is 15.7 Å². The molecular weight excluding hydrogens is 284 g/mol. The van der Waals surface area contributed by atoms with Gasteiger partial charge >= 0.3 is 0 Å². The molecule has 110 valence electrons. The van der Waals surface area contributed by atoms with Crippen molar-refractivity contribution in [1.29, 1.82) is 0 Å². The minimum Gasteiger partial charge on any atom is -0.294 e. The van der Waals surface area contributed by atoms with Crippen molar-refractivity contribution < 1.29 is 8.42 Å². The molecule has 0 unspecified atom stereocenters. The number of nitrogens with zero attached hydrogens (tertiary/aromatic N) is 1. The number of hydrogen-bond donors (Lipinski definition) is 1. The molecule has 2 aromatic carbocycles. The van der Waals surface area contributed by atoms with Crippen molar-refractivity contribution in [3.63, 3.8) is 0 Å². The van der Waals surface area contributed by atoms with Crippen LogP contribution in [0.1, 0.15) is 17.5 Å². The van der Waals surface area contributed by atoms with E-state index in [4.69, 9.17) is 0 Å². The van der Waals surface area contributed by atoms with Gasteiger partial charge in [0.2, 0.25) is 0 Å². The lowest BCUT2D eigenvalue weighted by molar-refractivity contribution is 0.569. The Morgan fingerprint density at radius 2 is 1.76 bits per heavy atom. The predicted molar refractivity (Wildman–Crippen MR) is 83.6 cm³/mol. The van der Waals surface area contributed by atoms with Crippen LogP contribution in [0.4, 0.5) is 5.69 Å². The third-order valence-corrected chi connectivity index (χ3v) is 5.03. The lowest BCUT2D eigenvalue weighted by Gasteiger charge is -2.31. The van der Waals surface area contributed by atoms with Gasteiger partial charge in [-0.3, -0.25) is 5.01 Å². The maximum atomic E-state index is 12.5. The number of para-hydroxylation sites is 1. The van der Waals surface area contributed by atoms with Crippen LogP contribution >= 0.6 is 0 Å². The van der Waals surface area contributed by atoms with Gasteiger partial charge in [-0.05, 0) is 43.5 Å². The van der Waals surface area contributed by atoms with Crippen LogP contribution in [0.15, 0.2) is 53.4 Å². The fourth-order valence-corrected chi connectivity index (χ4v) is 3.62. The Hall–Kier alpha value is -1.85. The van der Waals surface area contributed by atoms with Gasteiger partial charge < -0.3 is 0 Å². The van der Waals surface area contributed by atoms with E-state index in [1.165, 1.54) is 5.56 Å². The fourth-order valence-electron chi connectivity index (χ4n) is 2.54. The zero-order valence-electron chi connectivity index (χ0n) is 11.9. The van der Waals surface area contributed by atoms with Crippen LogP contribution < -0.4 is 9.84 Å².